The van der Waals surface area contributed by atoms with Crippen molar-refractivity contribution in [3.63, 3.8) is 0 Å². The fraction of sp³-hybridized carbons (Fsp3) is 0.317. The van der Waals surface area contributed by atoms with Crippen molar-refractivity contribution >= 4 is 59.8 Å². The number of carbonyl (C=O) groups excluding carboxylic acids is 1. The maximum atomic E-state index is 13.3. The molecule has 4 aromatic carbocycles. The first-order valence-electron chi connectivity index (χ1n) is 17.5. The van der Waals surface area contributed by atoms with E-state index in [0.717, 1.165) is 18.2 Å². The van der Waals surface area contributed by atoms with Crippen molar-refractivity contribution in [2.24, 2.45) is 0 Å². The second-order valence-corrected chi connectivity index (χ2v) is 24.5. The van der Waals surface area contributed by atoms with E-state index in [1.807, 2.05) is 17.5 Å². The molecule has 1 aliphatic heterocycles. The molecule has 0 unspecified atom stereocenters. The van der Waals surface area contributed by atoms with Crippen LogP contribution in [0.2, 0.25) is 10.1 Å². The van der Waals surface area contributed by atoms with Crippen LogP contribution < -0.4 is 31.0 Å². The van der Waals surface area contributed by atoms with Gasteiger partial charge in [-0.2, -0.15) is 0 Å². The first kappa shape index (κ1) is 35.9. The lowest BCUT2D eigenvalue weighted by atomic mass is 10.2. The highest BCUT2D eigenvalue weighted by Gasteiger charge is 2.53. The van der Waals surface area contributed by atoms with Gasteiger partial charge in [-0.3, -0.25) is 4.79 Å². The molecule has 6 nitrogen and oxygen atoms in total. The minimum atomic E-state index is -2.67. The van der Waals surface area contributed by atoms with Crippen LogP contribution in [0.15, 0.2) is 127 Å². The number of hydrogen-bond donors (Lipinski definition) is 1. The second kappa shape index (κ2) is 14.8. The van der Waals surface area contributed by atoms with Crippen LogP contribution in [0.4, 0.5) is 5.13 Å². The third kappa shape index (κ3) is 7.02. The molecule has 5 aromatic rings. The first-order valence-corrected chi connectivity index (χ1v) is 22.2. The van der Waals surface area contributed by atoms with Crippen molar-refractivity contribution < 1.29 is 13.6 Å². The largest absolute Gasteiger partial charge is 0.406 e. The number of carbonyl (C=O) groups is 1. The van der Waals surface area contributed by atoms with Gasteiger partial charge in [0.25, 0.3) is 22.5 Å². The van der Waals surface area contributed by atoms with Crippen molar-refractivity contribution in [1.29, 1.82) is 0 Å². The molecule has 1 N–H and O–H groups in total. The lowest BCUT2D eigenvalue weighted by Crippen LogP contribution is -2.70. The van der Waals surface area contributed by atoms with Crippen molar-refractivity contribution in [1.82, 2.24) is 10.3 Å². The van der Waals surface area contributed by atoms with Crippen LogP contribution >= 0.6 is 11.3 Å². The monoisotopic (exact) mass is 719 g/mol. The van der Waals surface area contributed by atoms with Gasteiger partial charge >= 0.3 is 0 Å². The molecule has 0 spiro atoms. The molecule has 0 atom stereocenters. The van der Waals surface area contributed by atoms with Crippen LogP contribution in [0.5, 0.6) is 0 Å². The number of thiazole rings is 1. The van der Waals surface area contributed by atoms with Crippen LogP contribution in [0.1, 0.15) is 52.0 Å². The summed E-state index contributed by atoms with van der Waals surface area (Å²) in [5.74, 6) is -0.181. The molecular formula is C41H49N3O3SSi2. The van der Waals surface area contributed by atoms with E-state index in [1.54, 1.807) is 0 Å². The van der Waals surface area contributed by atoms with E-state index < -0.39 is 16.6 Å². The summed E-state index contributed by atoms with van der Waals surface area (Å²) in [7, 11) is -5.30. The van der Waals surface area contributed by atoms with Gasteiger partial charge in [-0.25, -0.2) is 4.98 Å². The van der Waals surface area contributed by atoms with Crippen molar-refractivity contribution in [3.05, 3.63) is 132 Å². The maximum absolute atomic E-state index is 13.3. The summed E-state index contributed by atoms with van der Waals surface area (Å²) in [5.41, 5.74) is 0.437. The number of amides is 1. The summed E-state index contributed by atoms with van der Waals surface area (Å²) in [6, 6.07) is 42.7. The number of nitrogens with one attached hydrogen (secondary N) is 1. The summed E-state index contributed by atoms with van der Waals surface area (Å²) >= 11 is 1.51. The van der Waals surface area contributed by atoms with Gasteiger partial charge in [-0.15, -0.1) is 11.3 Å². The minimum Gasteiger partial charge on any atom is -0.406 e. The summed E-state index contributed by atoms with van der Waals surface area (Å²) in [5, 5.41) is 10.6. The summed E-state index contributed by atoms with van der Waals surface area (Å²) in [4.78, 5) is 20.2. The predicted molar refractivity (Wildman–Crippen MR) is 213 cm³/mol. The lowest BCUT2D eigenvalue weighted by molar-refractivity contribution is 0.0942. The average Bonchev–Trinajstić information content (AvgIpc) is 3.58. The zero-order valence-electron chi connectivity index (χ0n) is 30.1. The number of anilines is 1. The summed E-state index contributed by atoms with van der Waals surface area (Å²) in [6.07, 6.45) is 0.0705. The van der Waals surface area contributed by atoms with E-state index >= 15 is 0 Å². The third-order valence-corrected chi connectivity index (χ3v) is 20.8. The molecule has 1 aromatic heterocycles. The number of nitrogens with zero attached hydrogens (tertiary/aromatic N) is 2. The SMILES string of the molecule is CC(C)(C)[Si](OCCNC(=O)c1csc(N2CC(O[Si](c3ccccc3)(c3ccccc3)C(C)(C)C)C2)n1)(c1ccccc1)c1ccccc1. The topological polar surface area (TPSA) is 63.7 Å². The van der Waals surface area contributed by atoms with Crippen LogP contribution in [-0.4, -0.2) is 59.9 Å². The third-order valence-electron chi connectivity index (χ3n) is 9.73. The smallest absolute Gasteiger partial charge is 0.270 e. The molecule has 1 fully saturated rings. The quantitative estimate of drug-likeness (QED) is 0.123. The highest BCUT2D eigenvalue weighted by molar-refractivity contribution is 7.14. The minimum absolute atomic E-state index is 0.0705. The molecule has 1 saturated heterocycles. The molecule has 1 amide bonds. The van der Waals surface area contributed by atoms with Crippen LogP contribution in [0.25, 0.3) is 0 Å². The number of aromatic nitrogens is 1. The molecule has 0 bridgehead atoms. The molecule has 6 rings (SSSR count). The van der Waals surface area contributed by atoms with Crippen molar-refractivity contribution in [2.75, 3.05) is 31.1 Å². The van der Waals surface area contributed by atoms with E-state index in [2.05, 4.69) is 161 Å². The van der Waals surface area contributed by atoms with Gasteiger partial charge in [0.15, 0.2) is 5.13 Å². The fourth-order valence-corrected chi connectivity index (χ4v) is 17.4. The lowest BCUT2D eigenvalue weighted by Gasteiger charge is -2.49. The second-order valence-electron chi connectivity index (χ2n) is 15.1. The zero-order valence-corrected chi connectivity index (χ0v) is 32.9. The van der Waals surface area contributed by atoms with Gasteiger partial charge in [0.1, 0.15) is 5.69 Å². The van der Waals surface area contributed by atoms with Crippen LogP contribution in [-0.2, 0) is 8.85 Å². The van der Waals surface area contributed by atoms with Crippen molar-refractivity contribution in [2.45, 2.75) is 57.7 Å². The normalized spacial score (nSPS) is 14.3. The standard InChI is InChI=1S/C41H49N3O3SSi2/c1-40(2,3)49(33-19-11-7-12-20-33,34-21-13-8-14-22-34)46-28-27-42-38(45)37-31-48-39(43-37)44-29-32(30-44)47-50(41(4,5)6,35-23-15-9-16-24-35)36-25-17-10-18-26-36/h7-26,31-32H,27-30H2,1-6H3,(H,42,45). The highest BCUT2D eigenvalue weighted by Crippen LogP contribution is 2.39. The Kier molecular flexibility index (Phi) is 10.6. The molecule has 0 saturated carbocycles. The first-order chi connectivity index (χ1) is 24.0. The van der Waals surface area contributed by atoms with Crippen molar-refractivity contribution in [3.8, 4) is 0 Å². The van der Waals surface area contributed by atoms with E-state index in [1.165, 1.54) is 32.1 Å². The molecular weight excluding hydrogens is 671 g/mol. The van der Waals surface area contributed by atoms with E-state index in [-0.39, 0.29) is 22.1 Å². The van der Waals surface area contributed by atoms with Gasteiger partial charge in [-0.05, 0) is 30.8 Å². The zero-order chi connectivity index (χ0) is 35.4. The fourth-order valence-electron chi connectivity index (χ4n) is 7.34. The van der Waals surface area contributed by atoms with E-state index in [4.69, 9.17) is 13.8 Å². The van der Waals surface area contributed by atoms with E-state index in [0.29, 0.717) is 18.8 Å². The van der Waals surface area contributed by atoms with Gasteiger partial charge in [0, 0.05) is 25.0 Å². The molecule has 1 aliphatic rings. The van der Waals surface area contributed by atoms with Gasteiger partial charge in [0.05, 0.1) is 12.7 Å². The maximum Gasteiger partial charge on any atom is 0.270 e. The molecule has 0 aliphatic carbocycles. The number of hydrogen-bond acceptors (Lipinski definition) is 6. The Labute approximate surface area is 303 Å². The molecule has 260 valence electrons. The highest BCUT2D eigenvalue weighted by atomic mass is 32.1. The Morgan fingerprint density at radius 2 is 1.14 bits per heavy atom. The Balaban J connectivity index is 1.10. The predicted octanol–water partition coefficient (Wildman–Crippen LogP) is 6.21. The van der Waals surface area contributed by atoms with Gasteiger partial charge < -0.3 is 19.1 Å². The Bertz CT molecular complexity index is 1760. The molecule has 2 heterocycles. The molecule has 50 heavy (non-hydrogen) atoms. The Hall–Kier alpha value is -3.87. The molecule has 0 radical (unpaired) electrons. The average molecular weight is 720 g/mol. The Morgan fingerprint density at radius 1 is 0.720 bits per heavy atom. The summed E-state index contributed by atoms with van der Waals surface area (Å²) < 4.78 is 14.2. The summed E-state index contributed by atoms with van der Waals surface area (Å²) in [6.45, 7) is 16.0. The van der Waals surface area contributed by atoms with Gasteiger partial charge in [0.2, 0.25) is 0 Å². The number of rotatable bonds is 12. The number of benzene rings is 4. The van der Waals surface area contributed by atoms with E-state index in [9.17, 15) is 4.79 Å². The van der Waals surface area contributed by atoms with Gasteiger partial charge in [-0.1, -0.05) is 163 Å². The molecule has 9 heteroatoms. The Morgan fingerprint density at radius 3 is 1.56 bits per heavy atom. The van der Waals surface area contributed by atoms with Crippen LogP contribution in [0.3, 0.4) is 0 Å². The van der Waals surface area contributed by atoms with Crippen LogP contribution in [0, 0.1) is 0 Å².